The molecular weight excluding hydrogens is 283 g/mol. The Morgan fingerprint density at radius 2 is 1.95 bits per heavy atom. The third-order valence-corrected chi connectivity index (χ3v) is 3.41. The van der Waals surface area contributed by atoms with Gasteiger partial charge in [0, 0.05) is 32.2 Å². The molecule has 0 amide bonds. The molecule has 1 saturated heterocycles. The molecule has 1 aromatic carbocycles. The van der Waals surface area contributed by atoms with Crippen LogP contribution >= 0.6 is 24.8 Å². The molecule has 0 saturated carbocycles. The summed E-state index contributed by atoms with van der Waals surface area (Å²) in [6.45, 7) is 6.55. The van der Waals surface area contributed by atoms with E-state index in [1.807, 2.05) is 12.1 Å². The second kappa shape index (κ2) is 9.43. The van der Waals surface area contributed by atoms with E-state index in [0.717, 1.165) is 32.6 Å². The third kappa shape index (κ3) is 5.19. The van der Waals surface area contributed by atoms with Crippen molar-refractivity contribution in [2.24, 2.45) is 0 Å². The minimum atomic E-state index is 0. The molecule has 1 atom stereocenters. The highest BCUT2D eigenvalue weighted by Gasteiger charge is 2.21. The predicted octanol–water partition coefficient (Wildman–Crippen LogP) is 2.98. The van der Waals surface area contributed by atoms with Crippen LogP contribution in [0.3, 0.4) is 0 Å². The Bertz CT molecular complexity index is 357. The average Bonchev–Trinajstić information content (AvgIpc) is 2.37. The molecule has 0 spiro atoms. The van der Waals surface area contributed by atoms with Crippen molar-refractivity contribution in [1.29, 1.82) is 0 Å². The molecule has 1 aromatic rings. The van der Waals surface area contributed by atoms with Crippen molar-refractivity contribution < 1.29 is 5.11 Å². The van der Waals surface area contributed by atoms with Gasteiger partial charge in [-0.15, -0.1) is 24.8 Å². The molecule has 0 aromatic heterocycles. The summed E-state index contributed by atoms with van der Waals surface area (Å²) < 4.78 is 0. The number of rotatable bonds is 4. The molecule has 5 heteroatoms. The van der Waals surface area contributed by atoms with Crippen LogP contribution in [0.2, 0.25) is 0 Å². The molecule has 1 aliphatic heterocycles. The Hall–Kier alpha value is -0.480. The number of nitrogens with one attached hydrogen (secondary N) is 1. The van der Waals surface area contributed by atoms with Crippen molar-refractivity contribution >= 4 is 24.8 Å². The average molecular weight is 307 g/mol. The van der Waals surface area contributed by atoms with Gasteiger partial charge in [0.2, 0.25) is 0 Å². The molecule has 2 rings (SSSR count). The number of piperazine rings is 1. The summed E-state index contributed by atoms with van der Waals surface area (Å²) in [6.07, 6.45) is 2.33. The smallest absolute Gasteiger partial charge is 0.115 e. The molecular formula is C14H24Cl2N2O. The van der Waals surface area contributed by atoms with Crippen molar-refractivity contribution in [2.45, 2.75) is 25.8 Å². The summed E-state index contributed by atoms with van der Waals surface area (Å²) in [6, 6.07) is 8.17. The second-order valence-corrected chi connectivity index (χ2v) is 4.69. The Kier molecular flexibility index (Phi) is 9.19. The fourth-order valence-corrected chi connectivity index (χ4v) is 2.56. The first-order chi connectivity index (χ1) is 8.31. The van der Waals surface area contributed by atoms with Crippen LogP contribution in [0.15, 0.2) is 24.3 Å². The summed E-state index contributed by atoms with van der Waals surface area (Å²) in [5.74, 6) is 0.374. The zero-order chi connectivity index (χ0) is 12.1. The van der Waals surface area contributed by atoms with E-state index in [2.05, 4.69) is 23.2 Å². The molecule has 0 unspecified atom stereocenters. The largest absolute Gasteiger partial charge is 0.508 e. The zero-order valence-electron chi connectivity index (χ0n) is 11.3. The van der Waals surface area contributed by atoms with Gasteiger partial charge in [-0.1, -0.05) is 25.5 Å². The number of nitrogens with zero attached hydrogens (tertiary/aromatic N) is 1. The molecule has 1 fully saturated rings. The Balaban J connectivity index is 0.00000162. The lowest BCUT2D eigenvalue weighted by atomic mass is 9.99. The van der Waals surface area contributed by atoms with Gasteiger partial charge in [0.25, 0.3) is 0 Å². The lowest BCUT2D eigenvalue weighted by Crippen LogP contribution is -2.45. The van der Waals surface area contributed by atoms with Gasteiger partial charge in [0.15, 0.2) is 0 Å². The van der Waals surface area contributed by atoms with Gasteiger partial charge >= 0.3 is 0 Å². The van der Waals surface area contributed by atoms with Crippen LogP contribution in [-0.2, 0) is 0 Å². The van der Waals surface area contributed by atoms with Gasteiger partial charge in [-0.2, -0.15) is 0 Å². The normalized spacial score (nSPS) is 17.1. The number of phenols is 1. The summed E-state index contributed by atoms with van der Waals surface area (Å²) in [5.41, 5.74) is 1.24. The van der Waals surface area contributed by atoms with Gasteiger partial charge < -0.3 is 10.4 Å². The Labute approximate surface area is 128 Å². The standard InChI is InChI=1S/C14H22N2O.2ClH/c1-2-4-14(16-9-7-15-8-10-16)12-5-3-6-13(17)11-12;;/h3,5-6,11,14-15,17H,2,4,7-10H2,1H3;2*1H/t14-;;/m0../s1. The highest BCUT2D eigenvalue weighted by molar-refractivity contribution is 5.85. The quantitative estimate of drug-likeness (QED) is 0.897. The lowest BCUT2D eigenvalue weighted by molar-refractivity contribution is 0.164. The molecule has 3 nitrogen and oxygen atoms in total. The SMILES string of the molecule is CCC[C@@H](c1cccc(O)c1)N1CCNCC1.Cl.Cl. The van der Waals surface area contributed by atoms with Crippen LogP contribution in [-0.4, -0.2) is 36.2 Å². The molecule has 2 N–H and O–H groups in total. The van der Waals surface area contributed by atoms with Crippen molar-refractivity contribution in [3.63, 3.8) is 0 Å². The summed E-state index contributed by atoms with van der Waals surface area (Å²) in [5, 5.41) is 13.0. The maximum absolute atomic E-state index is 9.60. The van der Waals surface area contributed by atoms with Crippen LogP contribution in [0.5, 0.6) is 5.75 Å². The third-order valence-electron chi connectivity index (χ3n) is 3.41. The molecule has 1 aliphatic rings. The minimum Gasteiger partial charge on any atom is -0.508 e. The lowest BCUT2D eigenvalue weighted by Gasteiger charge is -2.35. The predicted molar refractivity (Wildman–Crippen MR) is 84.7 cm³/mol. The molecule has 110 valence electrons. The number of halogens is 2. The molecule has 1 heterocycles. The van der Waals surface area contributed by atoms with Crippen molar-refractivity contribution in [1.82, 2.24) is 10.2 Å². The number of hydrogen-bond acceptors (Lipinski definition) is 3. The summed E-state index contributed by atoms with van der Waals surface area (Å²) in [4.78, 5) is 2.52. The molecule has 19 heavy (non-hydrogen) atoms. The fraction of sp³-hybridized carbons (Fsp3) is 0.571. The fourth-order valence-electron chi connectivity index (χ4n) is 2.56. The van der Waals surface area contributed by atoms with Crippen LogP contribution < -0.4 is 5.32 Å². The monoisotopic (exact) mass is 306 g/mol. The maximum atomic E-state index is 9.60. The van der Waals surface area contributed by atoms with Crippen LogP contribution in [0.25, 0.3) is 0 Å². The number of benzene rings is 1. The Morgan fingerprint density at radius 3 is 2.53 bits per heavy atom. The zero-order valence-corrected chi connectivity index (χ0v) is 13.0. The molecule has 0 aliphatic carbocycles. The van der Waals surface area contributed by atoms with Crippen molar-refractivity contribution in [2.75, 3.05) is 26.2 Å². The number of hydrogen-bond donors (Lipinski definition) is 2. The Morgan fingerprint density at radius 1 is 1.26 bits per heavy atom. The molecule has 0 radical (unpaired) electrons. The van der Waals surface area contributed by atoms with Crippen LogP contribution in [0, 0.1) is 0 Å². The first-order valence-electron chi connectivity index (χ1n) is 6.55. The van der Waals surface area contributed by atoms with E-state index in [9.17, 15) is 5.11 Å². The summed E-state index contributed by atoms with van der Waals surface area (Å²) in [7, 11) is 0. The van der Waals surface area contributed by atoms with Crippen LogP contribution in [0.1, 0.15) is 31.4 Å². The van der Waals surface area contributed by atoms with Gasteiger partial charge in [0.1, 0.15) is 5.75 Å². The van der Waals surface area contributed by atoms with E-state index in [-0.39, 0.29) is 24.8 Å². The van der Waals surface area contributed by atoms with E-state index in [4.69, 9.17) is 0 Å². The minimum absolute atomic E-state index is 0. The number of aromatic hydroxyl groups is 1. The first kappa shape index (κ1) is 18.5. The van der Waals surface area contributed by atoms with E-state index in [1.165, 1.54) is 12.0 Å². The summed E-state index contributed by atoms with van der Waals surface area (Å²) >= 11 is 0. The highest BCUT2D eigenvalue weighted by atomic mass is 35.5. The first-order valence-corrected chi connectivity index (χ1v) is 6.55. The van der Waals surface area contributed by atoms with Gasteiger partial charge in [-0.3, -0.25) is 4.90 Å². The van der Waals surface area contributed by atoms with E-state index in [0.29, 0.717) is 11.8 Å². The van der Waals surface area contributed by atoms with E-state index in [1.54, 1.807) is 6.07 Å². The number of phenolic OH excluding ortho intramolecular Hbond substituents is 1. The second-order valence-electron chi connectivity index (χ2n) is 4.69. The molecule has 0 bridgehead atoms. The topological polar surface area (TPSA) is 35.5 Å². The van der Waals surface area contributed by atoms with Crippen LogP contribution in [0.4, 0.5) is 0 Å². The van der Waals surface area contributed by atoms with Crippen molar-refractivity contribution in [3.8, 4) is 5.75 Å². The highest BCUT2D eigenvalue weighted by Crippen LogP contribution is 2.28. The van der Waals surface area contributed by atoms with E-state index >= 15 is 0 Å². The maximum Gasteiger partial charge on any atom is 0.115 e. The van der Waals surface area contributed by atoms with Gasteiger partial charge in [-0.05, 0) is 24.1 Å². The van der Waals surface area contributed by atoms with E-state index < -0.39 is 0 Å². The van der Waals surface area contributed by atoms with Crippen molar-refractivity contribution in [3.05, 3.63) is 29.8 Å². The van der Waals surface area contributed by atoms with Gasteiger partial charge in [0.05, 0.1) is 0 Å². The van der Waals surface area contributed by atoms with Gasteiger partial charge in [-0.25, -0.2) is 0 Å².